The average Bonchev–Trinajstić information content (AvgIpc) is 2.40. The van der Waals surface area contributed by atoms with Gasteiger partial charge in [-0.3, -0.25) is 0 Å². The van der Waals surface area contributed by atoms with Crippen LogP contribution in [0.25, 0.3) is 0 Å². The first-order valence-electron chi connectivity index (χ1n) is 6.35. The van der Waals surface area contributed by atoms with Gasteiger partial charge in [0.15, 0.2) is 0 Å². The fraction of sp³-hybridized carbons (Fsp3) is 0.250. The summed E-state index contributed by atoms with van der Waals surface area (Å²) in [6.07, 6.45) is 2.37. The topological polar surface area (TPSA) is 12.0 Å². The molecule has 2 aromatic rings. The summed E-state index contributed by atoms with van der Waals surface area (Å²) in [6.45, 7) is 3.09. The molecule has 2 rings (SSSR count). The van der Waals surface area contributed by atoms with Gasteiger partial charge >= 0.3 is 0 Å². The molecule has 0 aliphatic heterocycles. The summed E-state index contributed by atoms with van der Waals surface area (Å²) in [5.74, 6) is 0. The van der Waals surface area contributed by atoms with E-state index < -0.39 is 0 Å². The molecule has 0 aromatic heterocycles. The first kappa shape index (κ1) is 13.4. The summed E-state index contributed by atoms with van der Waals surface area (Å²) in [5.41, 5.74) is 3.92. The zero-order chi connectivity index (χ0) is 12.8. The minimum atomic E-state index is 0.879. The van der Waals surface area contributed by atoms with Crippen LogP contribution in [-0.2, 0) is 13.0 Å². The quantitative estimate of drug-likeness (QED) is 0.759. The molecular formula is C16H18IN. The standard InChI is InChI=1S/C16H18IN/c1-2-3-13-6-10-16(11-7-13)18-12-14-4-8-15(17)9-5-14/h4-11,18H,2-3,12H2,1H3. The number of rotatable bonds is 5. The van der Waals surface area contributed by atoms with E-state index in [9.17, 15) is 0 Å². The lowest BCUT2D eigenvalue weighted by molar-refractivity contribution is 0.922. The van der Waals surface area contributed by atoms with Crippen LogP contribution < -0.4 is 5.32 Å². The highest BCUT2D eigenvalue weighted by Gasteiger charge is 1.95. The summed E-state index contributed by atoms with van der Waals surface area (Å²) in [5, 5.41) is 3.45. The van der Waals surface area contributed by atoms with Gasteiger partial charge in [0.1, 0.15) is 0 Å². The maximum absolute atomic E-state index is 3.45. The van der Waals surface area contributed by atoms with Gasteiger partial charge in [-0.25, -0.2) is 0 Å². The second kappa shape index (κ2) is 6.78. The lowest BCUT2D eigenvalue weighted by Crippen LogP contribution is -1.99. The molecule has 0 spiro atoms. The Balaban J connectivity index is 1.91. The monoisotopic (exact) mass is 351 g/mol. The second-order valence-electron chi connectivity index (χ2n) is 4.43. The minimum absolute atomic E-state index is 0.879. The molecule has 0 unspecified atom stereocenters. The van der Waals surface area contributed by atoms with Crippen molar-refractivity contribution in [3.8, 4) is 0 Å². The molecule has 0 saturated carbocycles. The van der Waals surface area contributed by atoms with E-state index in [1.165, 1.54) is 26.8 Å². The molecule has 0 atom stereocenters. The van der Waals surface area contributed by atoms with Crippen LogP contribution in [0.1, 0.15) is 24.5 Å². The van der Waals surface area contributed by atoms with E-state index in [2.05, 4.69) is 83.4 Å². The average molecular weight is 351 g/mol. The van der Waals surface area contributed by atoms with Crippen molar-refractivity contribution in [3.05, 3.63) is 63.2 Å². The van der Waals surface area contributed by atoms with E-state index in [1.54, 1.807) is 0 Å². The summed E-state index contributed by atoms with van der Waals surface area (Å²) in [4.78, 5) is 0. The highest BCUT2D eigenvalue weighted by Crippen LogP contribution is 2.13. The SMILES string of the molecule is CCCc1ccc(NCc2ccc(I)cc2)cc1. The zero-order valence-corrected chi connectivity index (χ0v) is 12.8. The molecule has 0 bridgehead atoms. The van der Waals surface area contributed by atoms with Crippen LogP contribution in [-0.4, -0.2) is 0 Å². The van der Waals surface area contributed by atoms with Gasteiger partial charge in [0.2, 0.25) is 0 Å². The van der Waals surface area contributed by atoms with E-state index in [4.69, 9.17) is 0 Å². The normalized spacial score (nSPS) is 10.3. The smallest absolute Gasteiger partial charge is 0.0400 e. The van der Waals surface area contributed by atoms with Crippen molar-refractivity contribution >= 4 is 28.3 Å². The summed E-state index contributed by atoms with van der Waals surface area (Å²) in [7, 11) is 0. The molecule has 94 valence electrons. The maximum atomic E-state index is 3.45. The molecule has 0 aliphatic rings. The third-order valence-corrected chi connectivity index (χ3v) is 3.62. The third kappa shape index (κ3) is 4.02. The van der Waals surface area contributed by atoms with Crippen LogP contribution in [0.3, 0.4) is 0 Å². The number of hydrogen-bond donors (Lipinski definition) is 1. The molecule has 2 aromatic carbocycles. The predicted molar refractivity (Wildman–Crippen MR) is 86.9 cm³/mol. The van der Waals surface area contributed by atoms with Crippen molar-refractivity contribution in [3.63, 3.8) is 0 Å². The molecular weight excluding hydrogens is 333 g/mol. The van der Waals surface area contributed by atoms with E-state index >= 15 is 0 Å². The van der Waals surface area contributed by atoms with Gasteiger partial charge < -0.3 is 5.32 Å². The molecule has 18 heavy (non-hydrogen) atoms. The third-order valence-electron chi connectivity index (χ3n) is 2.90. The van der Waals surface area contributed by atoms with E-state index in [0.717, 1.165) is 13.0 Å². The fourth-order valence-corrected chi connectivity index (χ4v) is 2.24. The van der Waals surface area contributed by atoms with Crippen LogP contribution in [0.5, 0.6) is 0 Å². The number of anilines is 1. The van der Waals surface area contributed by atoms with Crippen molar-refractivity contribution < 1.29 is 0 Å². The van der Waals surface area contributed by atoms with Crippen LogP contribution >= 0.6 is 22.6 Å². The molecule has 1 N–H and O–H groups in total. The fourth-order valence-electron chi connectivity index (χ4n) is 1.88. The Morgan fingerprint density at radius 3 is 2.11 bits per heavy atom. The maximum Gasteiger partial charge on any atom is 0.0400 e. The van der Waals surface area contributed by atoms with Crippen molar-refractivity contribution in [1.82, 2.24) is 0 Å². The van der Waals surface area contributed by atoms with Gasteiger partial charge in [0.25, 0.3) is 0 Å². The number of hydrogen-bond acceptors (Lipinski definition) is 1. The largest absolute Gasteiger partial charge is 0.381 e. The van der Waals surface area contributed by atoms with Crippen LogP contribution in [0.15, 0.2) is 48.5 Å². The van der Waals surface area contributed by atoms with Gasteiger partial charge in [-0.05, 0) is 64.4 Å². The van der Waals surface area contributed by atoms with Crippen LogP contribution in [0.2, 0.25) is 0 Å². The lowest BCUT2D eigenvalue weighted by atomic mass is 10.1. The Labute approximate surface area is 123 Å². The minimum Gasteiger partial charge on any atom is -0.381 e. The molecule has 0 fully saturated rings. The van der Waals surface area contributed by atoms with Crippen LogP contribution in [0.4, 0.5) is 5.69 Å². The predicted octanol–water partition coefficient (Wildman–Crippen LogP) is 4.86. The van der Waals surface area contributed by atoms with E-state index in [0.29, 0.717) is 0 Å². The lowest BCUT2D eigenvalue weighted by Gasteiger charge is -2.07. The Morgan fingerprint density at radius 2 is 1.50 bits per heavy atom. The van der Waals surface area contributed by atoms with Gasteiger partial charge in [-0.15, -0.1) is 0 Å². The Morgan fingerprint density at radius 1 is 0.889 bits per heavy atom. The Bertz CT molecular complexity index is 473. The molecule has 0 amide bonds. The van der Waals surface area contributed by atoms with Crippen molar-refractivity contribution in [2.75, 3.05) is 5.32 Å². The molecule has 2 heteroatoms. The van der Waals surface area contributed by atoms with Crippen molar-refractivity contribution in [1.29, 1.82) is 0 Å². The number of nitrogens with one attached hydrogen (secondary N) is 1. The molecule has 0 aliphatic carbocycles. The Hall–Kier alpha value is -1.03. The van der Waals surface area contributed by atoms with Gasteiger partial charge in [0.05, 0.1) is 0 Å². The van der Waals surface area contributed by atoms with Gasteiger partial charge in [0, 0.05) is 15.8 Å². The summed E-state index contributed by atoms with van der Waals surface area (Å²) < 4.78 is 1.28. The molecule has 0 saturated heterocycles. The summed E-state index contributed by atoms with van der Waals surface area (Å²) >= 11 is 2.33. The molecule has 0 heterocycles. The van der Waals surface area contributed by atoms with Gasteiger partial charge in [-0.2, -0.15) is 0 Å². The highest BCUT2D eigenvalue weighted by molar-refractivity contribution is 14.1. The Kier molecular flexibility index (Phi) is 5.05. The highest BCUT2D eigenvalue weighted by atomic mass is 127. The van der Waals surface area contributed by atoms with Crippen molar-refractivity contribution in [2.24, 2.45) is 0 Å². The second-order valence-corrected chi connectivity index (χ2v) is 5.67. The van der Waals surface area contributed by atoms with E-state index in [1.807, 2.05) is 0 Å². The van der Waals surface area contributed by atoms with E-state index in [-0.39, 0.29) is 0 Å². The first-order valence-corrected chi connectivity index (χ1v) is 7.43. The van der Waals surface area contributed by atoms with Crippen molar-refractivity contribution in [2.45, 2.75) is 26.3 Å². The van der Waals surface area contributed by atoms with Gasteiger partial charge in [-0.1, -0.05) is 37.6 Å². The number of aryl methyl sites for hydroxylation is 1. The number of halogens is 1. The number of benzene rings is 2. The van der Waals surface area contributed by atoms with Crippen LogP contribution in [0, 0.1) is 3.57 Å². The summed E-state index contributed by atoms with van der Waals surface area (Å²) in [6, 6.07) is 17.4. The zero-order valence-electron chi connectivity index (χ0n) is 10.6. The molecule has 1 nitrogen and oxygen atoms in total. The molecule has 0 radical (unpaired) electrons. The first-order chi connectivity index (χ1) is 8.78.